The fourth-order valence-electron chi connectivity index (χ4n) is 4.08. The van der Waals surface area contributed by atoms with E-state index >= 15 is 0 Å². The van der Waals surface area contributed by atoms with Crippen LogP contribution >= 0.6 is 15.9 Å². The summed E-state index contributed by atoms with van der Waals surface area (Å²) in [5.41, 5.74) is 1.12. The number of esters is 2. The Bertz CT molecular complexity index is 1680. The van der Waals surface area contributed by atoms with E-state index in [0.717, 1.165) is 9.37 Å². The van der Waals surface area contributed by atoms with Crippen molar-refractivity contribution in [3.63, 3.8) is 0 Å². The molecule has 0 bridgehead atoms. The Kier molecular flexibility index (Phi) is 7.75. The number of Topliss-reactive ketones (excluding diaryl/α,β-unsaturated/α-hetero) is 1. The van der Waals surface area contributed by atoms with Gasteiger partial charge in [-0.05, 0) is 91.0 Å². The van der Waals surface area contributed by atoms with Gasteiger partial charge in [0.15, 0.2) is 12.4 Å². The zero-order valence-electron chi connectivity index (χ0n) is 21.5. The fraction of sp³-hybridized carbons (Fsp3) is 0.0645. The number of anilines is 1. The van der Waals surface area contributed by atoms with Gasteiger partial charge in [0.05, 0.1) is 22.4 Å². The Hall–Kier alpha value is -5.09. The molecule has 2 amide bonds. The van der Waals surface area contributed by atoms with Gasteiger partial charge in [0.25, 0.3) is 11.8 Å². The Morgan fingerprint density at radius 1 is 0.707 bits per heavy atom. The van der Waals surface area contributed by atoms with Gasteiger partial charge in [-0.1, -0.05) is 15.9 Å². The summed E-state index contributed by atoms with van der Waals surface area (Å²) < 4.78 is 16.8. The Labute approximate surface area is 242 Å². The number of hydrogen-bond donors (Lipinski definition) is 0. The van der Waals surface area contributed by atoms with Crippen molar-refractivity contribution in [2.45, 2.75) is 6.92 Å². The molecule has 1 aliphatic rings. The molecule has 0 saturated heterocycles. The predicted octanol–water partition coefficient (Wildman–Crippen LogP) is 6.01. The minimum absolute atomic E-state index is 0.133. The molecule has 0 aromatic heterocycles. The maximum absolute atomic E-state index is 13.2. The number of ether oxygens (including phenoxy) is 3. The van der Waals surface area contributed by atoms with Crippen molar-refractivity contribution in [3.05, 3.63) is 118 Å². The van der Waals surface area contributed by atoms with Gasteiger partial charge in [0.2, 0.25) is 0 Å². The van der Waals surface area contributed by atoms with E-state index in [2.05, 4.69) is 15.9 Å². The average Bonchev–Trinajstić information content (AvgIpc) is 3.21. The maximum Gasteiger partial charge on any atom is 0.338 e. The standard InChI is InChI=1S/C31H20BrNO8/c1-18(34)40-23-10-4-19(5-11-23)28(35)17-39-31(38)20-2-8-22(9-3-20)33-29(36)26-15-14-25(16-27(26)30(33)37)41-24-12-6-21(32)7-13-24/h2-16H,17H2,1H3. The largest absolute Gasteiger partial charge is 0.457 e. The van der Waals surface area contributed by atoms with Crippen LogP contribution in [-0.4, -0.2) is 36.1 Å². The number of carbonyl (C=O) groups excluding carboxylic acids is 5. The summed E-state index contributed by atoms with van der Waals surface area (Å²) in [5.74, 6) is -1.43. The Morgan fingerprint density at radius 3 is 1.95 bits per heavy atom. The quantitative estimate of drug-likeness (QED) is 0.103. The number of carbonyl (C=O) groups is 5. The van der Waals surface area contributed by atoms with Crippen molar-refractivity contribution in [2.24, 2.45) is 0 Å². The highest BCUT2D eigenvalue weighted by molar-refractivity contribution is 9.10. The maximum atomic E-state index is 13.2. The molecule has 10 heteroatoms. The average molecular weight is 614 g/mol. The lowest BCUT2D eigenvalue weighted by molar-refractivity contribution is -0.131. The van der Waals surface area contributed by atoms with Crippen LogP contribution < -0.4 is 14.4 Å². The van der Waals surface area contributed by atoms with Crippen LogP contribution in [0.4, 0.5) is 5.69 Å². The van der Waals surface area contributed by atoms with Gasteiger partial charge < -0.3 is 14.2 Å². The first kappa shape index (κ1) is 27.5. The lowest BCUT2D eigenvalue weighted by Gasteiger charge is -2.14. The highest BCUT2D eigenvalue weighted by atomic mass is 79.9. The topological polar surface area (TPSA) is 116 Å². The zero-order chi connectivity index (χ0) is 29.1. The highest BCUT2D eigenvalue weighted by Gasteiger charge is 2.37. The predicted molar refractivity (Wildman–Crippen MR) is 151 cm³/mol. The fourth-order valence-corrected chi connectivity index (χ4v) is 4.34. The normalized spacial score (nSPS) is 12.1. The molecule has 0 saturated carbocycles. The smallest absolute Gasteiger partial charge is 0.338 e. The lowest BCUT2D eigenvalue weighted by Crippen LogP contribution is -2.29. The van der Waals surface area contributed by atoms with Crippen molar-refractivity contribution >= 4 is 51.2 Å². The van der Waals surface area contributed by atoms with E-state index in [9.17, 15) is 24.0 Å². The number of halogens is 1. The summed E-state index contributed by atoms with van der Waals surface area (Å²) in [4.78, 5) is 63.1. The van der Waals surface area contributed by atoms with Crippen LogP contribution in [0.3, 0.4) is 0 Å². The molecule has 1 aliphatic heterocycles. The molecular weight excluding hydrogens is 594 g/mol. The lowest BCUT2D eigenvalue weighted by atomic mass is 10.1. The molecule has 4 aromatic rings. The number of hydrogen-bond acceptors (Lipinski definition) is 8. The molecule has 0 fully saturated rings. The number of amides is 2. The summed E-state index contributed by atoms with van der Waals surface area (Å²) >= 11 is 3.36. The number of rotatable bonds is 8. The summed E-state index contributed by atoms with van der Waals surface area (Å²) in [5, 5.41) is 0. The molecule has 5 rings (SSSR count). The van der Waals surface area contributed by atoms with Gasteiger partial charge in [-0.25, -0.2) is 9.69 Å². The van der Waals surface area contributed by atoms with E-state index in [4.69, 9.17) is 14.2 Å². The van der Waals surface area contributed by atoms with Gasteiger partial charge >= 0.3 is 11.9 Å². The molecule has 0 aliphatic carbocycles. The third kappa shape index (κ3) is 6.07. The van der Waals surface area contributed by atoms with Crippen LogP contribution in [0.25, 0.3) is 0 Å². The van der Waals surface area contributed by atoms with Crippen molar-refractivity contribution < 1.29 is 38.2 Å². The first-order valence-corrected chi connectivity index (χ1v) is 13.0. The second-order valence-electron chi connectivity index (χ2n) is 8.87. The first-order chi connectivity index (χ1) is 19.7. The number of nitrogens with zero attached hydrogens (tertiary/aromatic N) is 1. The summed E-state index contributed by atoms with van der Waals surface area (Å²) in [6.07, 6.45) is 0. The molecule has 204 valence electrons. The molecule has 41 heavy (non-hydrogen) atoms. The van der Waals surface area contributed by atoms with E-state index in [-0.39, 0.29) is 27.9 Å². The van der Waals surface area contributed by atoms with Gasteiger partial charge in [0, 0.05) is 17.0 Å². The van der Waals surface area contributed by atoms with Crippen molar-refractivity contribution in [1.82, 2.24) is 0 Å². The third-order valence-corrected chi connectivity index (χ3v) is 6.57. The summed E-state index contributed by atoms with van der Waals surface area (Å²) in [6.45, 7) is 0.763. The number of benzene rings is 4. The van der Waals surface area contributed by atoms with Gasteiger partial charge in [-0.2, -0.15) is 0 Å². The second kappa shape index (κ2) is 11.6. The van der Waals surface area contributed by atoms with Crippen LogP contribution in [-0.2, 0) is 9.53 Å². The minimum atomic E-state index is -0.751. The molecule has 0 N–H and O–H groups in total. The van der Waals surface area contributed by atoms with E-state index in [0.29, 0.717) is 17.2 Å². The van der Waals surface area contributed by atoms with Crippen LogP contribution in [0.2, 0.25) is 0 Å². The van der Waals surface area contributed by atoms with Crippen LogP contribution in [0, 0.1) is 0 Å². The van der Waals surface area contributed by atoms with Gasteiger partial charge in [0.1, 0.15) is 17.2 Å². The molecule has 1 heterocycles. The highest BCUT2D eigenvalue weighted by Crippen LogP contribution is 2.33. The van der Waals surface area contributed by atoms with E-state index in [1.807, 2.05) is 12.1 Å². The monoisotopic (exact) mass is 613 g/mol. The van der Waals surface area contributed by atoms with Crippen molar-refractivity contribution in [3.8, 4) is 17.2 Å². The molecule has 0 radical (unpaired) electrons. The molecule has 4 aromatic carbocycles. The van der Waals surface area contributed by atoms with Crippen molar-refractivity contribution in [1.29, 1.82) is 0 Å². The molecule has 0 unspecified atom stereocenters. The summed E-state index contributed by atoms with van der Waals surface area (Å²) in [6, 6.07) is 23.4. The van der Waals surface area contributed by atoms with E-state index in [1.165, 1.54) is 67.6 Å². The van der Waals surface area contributed by atoms with E-state index < -0.39 is 36.1 Å². The van der Waals surface area contributed by atoms with Gasteiger partial charge in [-0.3, -0.25) is 19.2 Å². The van der Waals surface area contributed by atoms with Crippen LogP contribution in [0.15, 0.2) is 95.5 Å². The zero-order valence-corrected chi connectivity index (χ0v) is 23.0. The Morgan fingerprint density at radius 2 is 1.29 bits per heavy atom. The van der Waals surface area contributed by atoms with Gasteiger partial charge in [-0.15, -0.1) is 0 Å². The molecule has 0 atom stereocenters. The molecule has 9 nitrogen and oxygen atoms in total. The number of fused-ring (bicyclic) bond motifs is 1. The number of imide groups is 1. The SMILES string of the molecule is CC(=O)Oc1ccc(C(=O)COC(=O)c2ccc(N3C(=O)c4ccc(Oc5ccc(Br)cc5)cc4C3=O)cc2)cc1. The number of ketones is 1. The minimum Gasteiger partial charge on any atom is -0.457 e. The molecule has 0 spiro atoms. The van der Waals surface area contributed by atoms with E-state index in [1.54, 1.807) is 18.2 Å². The first-order valence-electron chi connectivity index (χ1n) is 12.2. The second-order valence-corrected chi connectivity index (χ2v) is 9.79. The van der Waals surface area contributed by atoms with Crippen LogP contribution in [0.1, 0.15) is 48.4 Å². The summed E-state index contributed by atoms with van der Waals surface area (Å²) in [7, 11) is 0. The van der Waals surface area contributed by atoms with Crippen molar-refractivity contribution in [2.75, 3.05) is 11.5 Å². The molecular formula is C31H20BrNO8. The van der Waals surface area contributed by atoms with Crippen LogP contribution in [0.5, 0.6) is 17.2 Å². The third-order valence-electron chi connectivity index (χ3n) is 6.04. The Balaban J connectivity index is 1.22.